The van der Waals surface area contributed by atoms with E-state index in [9.17, 15) is 13.2 Å². The lowest BCUT2D eigenvalue weighted by Crippen LogP contribution is -2.43. The van der Waals surface area contributed by atoms with Crippen LogP contribution >= 0.6 is 24.0 Å². The molecule has 0 saturated carbocycles. The summed E-state index contributed by atoms with van der Waals surface area (Å²) in [5, 5.41) is 6.52. The molecule has 0 spiro atoms. The topological polar surface area (TPSA) is 45.7 Å². The second kappa shape index (κ2) is 9.75. The van der Waals surface area contributed by atoms with E-state index >= 15 is 0 Å². The second-order valence-corrected chi connectivity index (χ2v) is 5.22. The van der Waals surface area contributed by atoms with E-state index in [1.165, 1.54) is 12.1 Å². The quantitative estimate of drug-likeness (QED) is 0.309. The van der Waals surface area contributed by atoms with Gasteiger partial charge < -0.3 is 15.4 Å². The number of halogens is 4. The Morgan fingerprint density at radius 3 is 2.38 bits per heavy atom. The highest BCUT2D eigenvalue weighted by atomic mass is 127. The molecule has 0 aliphatic heterocycles. The van der Waals surface area contributed by atoms with Gasteiger partial charge in [0.2, 0.25) is 0 Å². The summed E-state index contributed by atoms with van der Waals surface area (Å²) in [5.41, 5.74) is 0.921. The summed E-state index contributed by atoms with van der Waals surface area (Å²) in [6.45, 7) is 0.638. The van der Waals surface area contributed by atoms with Crippen LogP contribution in [0.5, 0.6) is 5.75 Å². The Morgan fingerprint density at radius 1 is 1.21 bits per heavy atom. The lowest BCUT2D eigenvalue weighted by atomic mass is 10.1. The van der Waals surface area contributed by atoms with E-state index in [0.29, 0.717) is 19.0 Å². The summed E-state index contributed by atoms with van der Waals surface area (Å²) in [4.78, 5) is 4.16. The maximum absolute atomic E-state index is 12.1. The molecule has 0 aromatic heterocycles. The van der Waals surface area contributed by atoms with Crippen molar-refractivity contribution in [3.63, 3.8) is 0 Å². The van der Waals surface area contributed by atoms with Crippen molar-refractivity contribution in [3.8, 4) is 5.75 Å². The van der Waals surface area contributed by atoms with Crippen LogP contribution in [0.15, 0.2) is 41.4 Å². The Hall–Kier alpha value is -1.45. The Kier molecular flexibility index (Phi) is 8.37. The first kappa shape index (κ1) is 20.6. The Morgan fingerprint density at radius 2 is 1.83 bits per heavy atom. The van der Waals surface area contributed by atoms with E-state index in [2.05, 4.69) is 32.5 Å². The van der Waals surface area contributed by atoms with Crippen LogP contribution in [0.25, 0.3) is 0 Å². The number of hydrogen-bond donors (Lipinski definition) is 2. The van der Waals surface area contributed by atoms with Crippen molar-refractivity contribution in [2.24, 2.45) is 4.99 Å². The Labute approximate surface area is 156 Å². The first-order valence-electron chi connectivity index (χ1n) is 7.43. The number of nitrogens with zero attached hydrogens (tertiary/aromatic N) is 1. The van der Waals surface area contributed by atoms with Crippen molar-refractivity contribution in [2.45, 2.75) is 31.7 Å². The van der Waals surface area contributed by atoms with Crippen LogP contribution in [0, 0.1) is 0 Å². The first-order valence-corrected chi connectivity index (χ1v) is 7.43. The zero-order chi connectivity index (χ0) is 16.7. The average Bonchev–Trinajstić information content (AvgIpc) is 2.99. The van der Waals surface area contributed by atoms with Gasteiger partial charge in [0, 0.05) is 19.6 Å². The Bertz CT molecular complexity index is 551. The zero-order valence-corrected chi connectivity index (χ0v) is 15.6. The molecule has 8 heteroatoms. The van der Waals surface area contributed by atoms with Gasteiger partial charge in [0.15, 0.2) is 5.96 Å². The minimum Gasteiger partial charge on any atom is -0.406 e. The first-order chi connectivity index (χ1) is 11.0. The van der Waals surface area contributed by atoms with E-state index < -0.39 is 6.36 Å². The number of aliphatic imine (C=N–C) groups is 1. The van der Waals surface area contributed by atoms with Crippen molar-refractivity contribution in [2.75, 3.05) is 13.6 Å². The van der Waals surface area contributed by atoms with E-state index in [4.69, 9.17) is 0 Å². The van der Waals surface area contributed by atoms with Crippen LogP contribution in [-0.4, -0.2) is 32.0 Å². The van der Waals surface area contributed by atoms with Crippen LogP contribution in [0.2, 0.25) is 0 Å². The highest BCUT2D eigenvalue weighted by Crippen LogP contribution is 2.22. The molecule has 0 fully saturated rings. The minimum absolute atomic E-state index is 0. The number of ether oxygens (including phenoxy) is 1. The standard InChI is InChI=1S/C16H20F3N3O.HI/c1-20-15(22-13-4-2-3-5-13)21-11-10-12-6-8-14(9-7-12)23-16(17,18)19;/h2-3,6-9,13H,4-5,10-11H2,1H3,(H2,20,21,22);1H. The van der Waals surface area contributed by atoms with Gasteiger partial charge in [0.05, 0.1) is 0 Å². The van der Waals surface area contributed by atoms with Gasteiger partial charge in [-0.1, -0.05) is 24.3 Å². The summed E-state index contributed by atoms with van der Waals surface area (Å²) < 4.78 is 40.1. The molecule has 4 nitrogen and oxygen atoms in total. The summed E-state index contributed by atoms with van der Waals surface area (Å²) in [6, 6.07) is 6.26. The SMILES string of the molecule is CN=C(NCCc1ccc(OC(F)(F)F)cc1)NC1CC=CC1.I. The summed E-state index contributed by atoms with van der Waals surface area (Å²) in [5.74, 6) is 0.524. The summed E-state index contributed by atoms with van der Waals surface area (Å²) in [6.07, 6.45) is 2.26. The predicted octanol–water partition coefficient (Wildman–Crippen LogP) is 3.63. The molecule has 2 N–H and O–H groups in total. The average molecular weight is 455 g/mol. The molecular formula is C16H21F3IN3O. The van der Waals surface area contributed by atoms with Gasteiger partial charge >= 0.3 is 6.36 Å². The molecule has 134 valence electrons. The van der Waals surface area contributed by atoms with E-state index in [-0.39, 0.29) is 29.7 Å². The molecule has 0 radical (unpaired) electrons. The molecule has 24 heavy (non-hydrogen) atoms. The fourth-order valence-electron chi connectivity index (χ4n) is 2.31. The molecule has 1 aliphatic carbocycles. The van der Waals surface area contributed by atoms with Gasteiger partial charge in [-0.3, -0.25) is 4.99 Å². The molecule has 0 atom stereocenters. The molecular weight excluding hydrogens is 434 g/mol. The van der Waals surface area contributed by atoms with Crippen molar-refractivity contribution in [1.29, 1.82) is 0 Å². The van der Waals surface area contributed by atoms with Gasteiger partial charge in [-0.15, -0.1) is 37.1 Å². The normalized spacial score (nSPS) is 15.1. The third-order valence-electron chi connectivity index (χ3n) is 3.44. The van der Waals surface area contributed by atoms with Gasteiger partial charge in [0.1, 0.15) is 5.75 Å². The van der Waals surface area contributed by atoms with Crippen molar-refractivity contribution in [3.05, 3.63) is 42.0 Å². The van der Waals surface area contributed by atoms with E-state index in [1.54, 1.807) is 19.2 Å². The lowest BCUT2D eigenvalue weighted by molar-refractivity contribution is -0.274. The molecule has 1 aromatic carbocycles. The van der Waals surface area contributed by atoms with E-state index in [0.717, 1.165) is 24.4 Å². The van der Waals surface area contributed by atoms with E-state index in [1.807, 2.05) is 0 Å². The smallest absolute Gasteiger partial charge is 0.406 e. The van der Waals surface area contributed by atoms with Gasteiger partial charge in [-0.05, 0) is 37.0 Å². The Balaban J connectivity index is 0.00000288. The molecule has 0 unspecified atom stereocenters. The fourth-order valence-corrected chi connectivity index (χ4v) is 2.31. The zero-order valence-electron chi connectivity index (χ0n) is 13.3. The van der Waals surface area contributed by atoms with Crippen LogP contribution in [-0.2, 0) is 6.42 Å². The van der Waals surface area contributed by atoms with Crippen molar-refractivity contribution < 1.29 is 17.9 Å². The number of nitrogens with one attached hydrogen (secondary N) is 2. The fraction of sp³-hybridized carbons (Fsp3) is 0.438. The third-order valence-corrected chi connectivity index (χ3v) is 3.44. The molecule has 1 aromatic rings. The molecule has 1 aliphatic rings. The van der Waals surface area contributed by atoms with Crippen LogP contribution in [0.3, 0.4) is 0 Å². The number of benzene rings is 1. The summed E-state index contributed by atoms with van der Waals surface area (Å²) >= 11 is 0. The van der Waals surface area contributed by atoms with Crippen LogP contribution in [0.1, 0.15) is 18.4 Å². The highest BCUT2D eigenvalue weighted by Gasteiger charge is 2.30. The van der Waals surface area contributed by atoms with Gasteiger partial charge in [-0.25, -0.2) is 0 Å². The maximum atomic E-state index is 12.1. The number of guanidine groups is 1. The van der Waals surface area contributed by atoms with Crippen molar-refractivity contribution in [1.82, 2.24) is 10.6 Å². The minimum atomic E-state index is -4.66. The number of alkyl halides is 3. The predicted molar refractivity (Wildman–Crippen MR) is 98.9 cm³/mol. The molecule has 0 amide bonds. The number of rotatable bonds is 5. The maximum Gasteiger partial charge on any atom is 0.573 e. The molecule has 0 bridgehead atoms. The molecule has 2 rings (SSSR count). The summed E-state index contributed by atoms with van der Waals surface area (Å²) in [7, 11) is 1.71. The number of hydrogen-bond acceptors (Lipinski definition) is 2. The van der Waals surface area contributed by atoms with Crippen LogP contribution < -0.4 is 15.4 Å². The largest absolute Gasteiger partial charge is 0.573 e. The lowest BCUT2D eigenvalue weighted by Gasteiger charge is -2.17. The van der Waals surface area contributed by atoms with Crippen LogP contribution in [0.4, 0.5) is 13.2 Å². The molecule has 0 heterocycles. The highest BCUT2D eigenvalue weighted by molar-refractivity contribution is 14.0. The second-order valence-electron chi connectivity index (χ2n) is 5.22. The third kappa shape index (κ3) is 7.41. The van der Waals surface area contributed by atoms with Gasteiger partial charge in [-0.2, -0.15) is 0 Å². The van der Waals surface area contributed by atoms with Crippen molar-refractivity contribution >= 4 is 29.9 Å². The monoisotopic (exact) mass is 455 g/mol. The van der Waals surface area contributed by atoms with Gasteiger partial charge in [0.25, 0.3) is 0 Å². The molecule has 0 saturated heterocycles.